The average Bonchev–Trinajstić information content (AvgIpc) is 2.52. The normalized spacial score (nSPS) is 14.9. The highest BCUT2D eigenvalue weighted by molar-refractivity contribution is 6.41. The molecule has 1 aromatic carbocycles. The predicted octanol–water partition coefficient (Wildman–Crippen LogP) is 4.10. The number of likely N-dealkylation sites (tertiary alicyclic amines) is 1. The fraction of sp³-hybridized carbons (Fsp3) is 0.368. The third kappa shape index (κ3) is 4.29. The van der Waals surface area contributed by atoms with Gasteiger partial charge in [0.25, 0.3) is 0 Å². The summed E-state index contributed by atoms with van der Waals surface area (Å²) in [6.45, 7) is 6.28. The first-order valence-corrected chi connectivity index (χ1v) is 9.07. The van der Waals surface area contributed by atoms with Crippen molar-refractivity contribution in [3.05, 3.63) is 56.8 Å². The van der Waals surface area contributed by atoms with Crippen LogP contribution in [0, 0.1) is 19.8 Å². The largest absolute Gasteiger partial charge is 0.487 e. The molecule has 1 N–H and O–H groups in total. The molecule has 2 aromatic rings. The van der Waals surface area contributed by atoms with Gasteiger partial charge in [-0.05, 0) is 36.6 Å². The summed E-state index contributed by atoms with van der Waals surface area (Å²) in [5, 5.41) is 9.84. The molecule has 0 saturated carbocycles. The standard InChI is InChI=1S/C19H20Cl2N2O3/c1-11-3-13(7-23-8-14(9-23)19(24)25)4-12(2)18(11)26-10-15-5-16(20)17(21)6-22-15/h3-6,14H,7-10H2,1-2H3,(H,24,25). The first-order valence-electron chi connectivity index (χ1n) is 8.31. The molecule has 1 saturated heterocycles. The van der Waals surface area contributed by atoms with Gasteiger partial charge in [0.05, 0.1) is 21.7 Å². The minimum atomic E-state index is -0.715. The maximum Gasteiger partial charge on any atom is 0.309 e. The molecule has 0 unspecified atom stereocenters. The smallest absolute Gasteiger partial charge is 0.309 e. The van der Waals surface area contributed by atoms with Gasteiger partial charge in [0.1, 0.15) is 12.4 Å². The lowest BCUT2D eigenvalue weighted by Gasteiger charge is -2.36. The van der Waals surface area contributed by atoms with E-state index in [9.17, 15) is 4.79 Å². The number of pyridine rings is 1. The van der Waals surface area contributed by atoms with E-state index in [0.717, 1.165) is 29.0 Å². The molecule has 0 bridgehead atoms. The lowest BCUT2D eigenvalue weighted by atomic mass is 9.98. The fourth-order valence-electron chi connectivity index (χ4n) is 3.15. The van der Waals surface area contributed by atoms with Crippen LogP contribution in [0.25, 0.3) is 0 Å². The molecule has 1 fully saturated rings. The molecule has 0 amide bonds. The van der Waals surface area contributed by atoms with Crippen LogP contribution in [0.3, 0.4) is 0 Å². The number of rotatable bonds is 6. The van der Waals surface area contributed by atoms with Crippen LogP contribution in [0.5, 0.6) is 5.75 Å². The molecular weight excluding hydrogens is 375 g/mol. The lowest BCUT2D eigenvalue weighted by Crippen LogP contribution is -2.49. The van der Waals surface area contributed by atoms with Crippen molar-refractivity contribution in [3.8, 4) is 5.75 Å². The van der Waals surface area contributed by atoms with E-state index in [-0.39, 0.29) is 5.92 Å². The number of aryl methyl sites for hydroxylation is 2. The van der Waals surface area contributed by atoms with Gasteiger partial charge in [-0.1, -0.05) is 35.3 Å². The zero-order chi connectivity index (χ0) is 18.8. The number of carboxylic acids is 1. The van der Waals surface area contributed by atoms with E-state index in [4.69, 9.17) is 33.0 Å². The summed E-state index contributed by atoms with van der Waals surface area (Å²) >= 11 is 11.9. The summed E-state index contributed by atoms with van der Waals surface area (Å²) in [7, 11) is 0. The van der Waals surface area contributed by atoms with Gasteiger partial charge in [-0.3, -0.25) is 14.7 Å². The molecule has 0 aliphatic carbocycles. The number of aliphatic carboxylic acids is 1. The van der Waals surface area contributed by atoms with Crippen molar-refractivity contribution in [2.75, 3.05) is 13.1 Å². The number of carboxylic acid groups (broad SMARTS) is 1. The van der Waals surface area contributed by atoms with Gasteiger partial charge in [-0.15, -0.1) is 0 Å². The van der Waals surface area contributed by atoms with Crippen molar-refractivity contribution in [1.82, 2.24) is 9.88 Å². The van der Waals surface area contributed by atoms with Crippen LogP contribution in [0.2, 0.25) is 10.0 Å². The minimum Gasteiger partial charge on any atom is -0.487 e. The van der Waals surface area contributed by atoms with Crippen LogP contribution in [-0.2, 0) is 17.9 Å². The van der Waals surface area contributed by atoms with E-state index in [1.165, 1.54) is 6.20 Å². The number of nitrogens with zero attached hydrogens (tertiary/aromatic N) is 2. The molecule has 5 nitrogen and oxygen atoms in total. The van der Waals surface area contributed by atoms with Crippen molar-refractivity contribution in [2.45, 2.75) is 27.0 Å². The summed E-state index contributed by atoms with van der Waals surface area (Å²) in [5.74, 6) is -0.125. The van der Waals surface area contributed by atoms with E-state index >= 15 is 0 Å². The number of hydrogen-bond acceptors (Lipinski definition) is 4. The average molecular weight is 395 g/mol. The van der Waals surface area contributed by atoms with Crippen molar-refractivity contribution in [1.29, 1.82) is 0 Å². The second-order valence-electron chi connectivity index (χ2n) is 6.67. The molecule has 1 aliphatic rings. The Hall–Kier alpha value is -1.82. The molecule has 26 heavy (non-hydrogen) atoms. The predicted molar refractivity (Wildman–Crippen MR) is 101 cm³/mol. The summed E-state index contributed by atoms with van der Waals surface area (Å²) < 4.78 is 5.94. The topological polar surface area (TPSA) is 62.7 Å². The molecule has 0 radical (unpaired) electrons. The molecule has 7 heteroatoms. The molecule has 3 rings (SSSR count). The van der Waals surface area contributed by atoms with Gasteiger partial charge in [-0.25, -0.2) is 0 Å². The van der Waals surface area contributed by atoms with Gasteiger partial charge in [0.15, 0.2) is 0 Å². The van der Waals surface area contributed by atoms with E-state index in [1.807, 2.05) is 13.8 Å². The van der Waals surface area contributed by atoms with Crippen molar-refractivity contribution >= 4 is 29.2 Å². The number of benzene rings is 1. The quantitative estimate of drug-likeness (QED) is 0.798. The lowest BCUT2D eigenvalue weighted by molar-refractivity contribution is -0.147. The Bertz CT molecular complexity index is 813. The maximum absolute atomic E-state index is 10.9. The monoisotopic (exact) mass is 394 g/mol. The maximum atomic E-state index is 10.9. The second kappa shape index (κ2) is 7.82. The SMILES string of the molecule is Cc1cc(CN2CC(C(=O)O)C2)cc(C)c1OCc1cc(Cl)c(Cl)cn1. The zero-order valence-corrected chi connectivity index (χ0v) is 16.1. The van der Waals surface area contributed by atoms with Gasteiger partial charge in [0, 0.05) is 25.8 Å². The van der Waals surface area contributed by atoms with Crippen LogP contribution in [-0.4, -0.2) is 34.0 Å². The molecule has 0 spiro atoms. The van der Waals surface area contributed by atoms with Crippen molar-refractivity contribution < 1.29 is 14.6 Å². The fourth-order valence-corrected chi connectivity index (χ4v) is 3.43. The molecule has 1 aliphatic heterocycles. The number of aromatic nitrogens is 1. The highest BCUT2D eigenvalue weighted by Crippen LogP contribution is 2.28. The number of ether oxygens (including phenoxy) is 1. The van der Waals surface area contributed by atoms with Crippen LogP contribution >= 0.6 is 23.2 Å². The molecule has 138 valence electrons. The van der Waals surface area contributed by atoms with Crippen LogP contribution in [0.1, 0.15) is 22.4 Å². The van der Waals surface area contributed by atoms with Gasteiger partial charge in [-0.2, -0.15) is 0 Å². The Morgan fingerprint density at radius 3 is 2.46 bits per heavy atom. The van der Waals surface area contributed by atoms with Gasteiger partial charge in [0.2, 0.25) is 0 Å². The van der Waals surface area contributed by atoms with Crippen LogP contribution in [0.15, 0.2) is 24.4 Å². The van der Waals surface area contributed by atoms with Crippen LogP contribution < -0.4 is 4.74 Å². The second-order valence-corrected chi connectivity index (χ2v) is 7.48. The first kappa shape index (κ1) is 19.0. The van der Waals surface area contributed by atoms with Crippen LogP contribution in [0.4, 0.5) is 0 Å². The number of halogens is 2. The summed E-state index contributed by atoms with van der Waals surface area (Å²) in [6.07, 6.45) is 1.52. The number of hydrogen-bond donors (Lipinski definition) is 1. The highest BCUT2D eigenvalue weighted by atomic mass is 35.5. The summed E-state index contributed by atoms with van der Waals surface area (Å²) in [5.41, 5.74) is 3.94. The number of carbonyl (C=O) groups is 1. The summed E-state index contributed by atoms with van der Waals surface area (Å²) in [4.78, 5) is 17.2. The van der Waals surface area contributed by atoms with Gasteiger partial charge >= 0.3 is 5.97 Å². The Morgan fingerprint density at radius 1 is 1.23 bits per heavy atom. The third-order valence-corrected chi connectivity index (χ3v) is 5.17. The van der Waals surface area contributed by atoms with E-state index < -0.39 is 5.97 Å². The third-order valence-electron chi connectivity index (χ3n) is 4.46. The van der Waals surface area contributed by atoms with Crippen molar-refractivity contribution in [2.24, 2.45) is 5.92 Å². The Morgan fingerprint density at radius 2 is 1.88 bits per heavy atom. The van der Waals surface area contributed by atoms with E-state index in [0.29, 0.717) is 35.4 Å². The summed E-state index contributed by atoms with van der Waals surface area (Å²) in [6, 6.07) is 5.86. The Labute approximate surface area is 162 Å². The van der Waals surface area contributed by atoms with Crippen molar-refractivity contribution in [3.63, 3.8) is 0 Å². The zero-order valence-electron chi connectivity index (χ0n) is 14.6. The molecule has 1 aromatic heterocycles. The minimum absolute atomic E-state index is 0.237. The Balaban J connectivity index is 1.63. The van der Waals surface area contributed by atoms with Gasteiger partial charge < -0.3 is 9.84 Å². The molecular formula is C19H20Cl2N2O3. The first-order chi connectivity index (χ1) is 12.3. The molecule has 0 atom stereocenters. The molecule has 2 heterocycles. The van der Waals surface area contributed by atoms with E-state index in [1.54, 1.807) is 6.07 Å². The van der Waals surface area contributed by atoms with E-state index in [2.05, 4.69) is 22.0 Å². The Kier molecular flexibility index (Phi) is 5.70. The highest BCUT2D eigenvalue weighted by Gasteiger charge is 2.32.